The molecule has 2 bridgehead atoms. The normalized spacial score (nSPS) is 25.1. The number of fused-ring (bicyclic) bond motifs is 2. The Bertz CT molecular complexity index is 722. The molecule has 0 aromatic heterocycles. The molecule has 2 saturated heterocycles. The van der Waals surface area contributed by atoms with Crippen molar-refractivity contribution in [2.75, 3.05) is 20.2 Å². The molecule has 1 N–H and O–H groups in total. The molecule has 1 aromatic rings. The van der Waals surface area contributed by atoms with Crippen molar-refractivity contribution in [3.05, 3.63) is 28.8 Å². The second-order valence-corrected chi connectivity index (χ2v) is 8.24. The summed E-state index contributed by atoms with van der Waals surface area (Å²) in [6.45, 7) is 0.930. The van der Waals surface area contributed by atoms with Crippen LogP contribution in [0.2, 0.25) is 5.02 Å². The lowest BCUT2D eigenvalue weighted by molar-refractivity contribution is 0.0600. The predicted molar refractivity (Wildman–Crippen MR) is 86.1 cm³/mol. The zero-order valence-electron chi connectivity index (χ0n) is 12.8. The van der Waals surface area contributed by atoms with Crippen molar-refractivity contribution >= 4 is 27.6 Å². The Morgan fingerprint density at radius 2 is 2.04 bits per heavy atom. The third-order valence-electron chi connectivity index (χ3n) is 4.46. The van der Waals surface area contributed by atoms with Crippen LogP contribution in [0.1, 0.15) is 29.6 Å². The molecule has 23 heavy (non-hydrogen) atoms. The van der Waals surface area contributed by atoms with Crippen LogP contribution in [-0.2, 0) is 14.8 Å². The quantitative estimate of drug-likeness (QED) is 0.831. The topological polar surface area (TPSA) is 75.7 Å². The summed E-state index contributed by atoms with van der Waals surface area (Å²) >= 11 is 6.12. The second-order valence-electron chi connectivity index (χ2n) is 5.93. The largest absolute Gasteiger partial charge is 0.465 e. The van der Waals surface area contributed by atoms with E-state index in [1.807, 2.05) is 0 Å². The van der Waals surface area contributed by atoms with Gasteiger partial charge >= 0.3 is 5.97 Å². The van der Waals surface area contributed by atoms with Gasteiger partial charge in [-0.1, -0.05) is 11.6 Å². The molecule has 2 aliphatic rings. The van der Waals surface area contributed by atoms with E-state index in [0.717, 1.165) is 19.3 Å². The standard InChI is InChI=1S/C15H19ClN2O4S/c1-22-15(19)10-2-5-14(13(16)8-10)23(20,21)18-7-6-11-3-4-12(9-18)17-11/h2,5,8,11-12,17H,3-4,6-7,9H2,1H3. The Morgan fingerprint density at radius 3 is 2.74 bits per heavy atom. The second kappa shape index (κ2) is 6.39. The first-order valence-electron chi connectivity index (χ1n) is 7.56. The van der Waals surface area contributed by atoms with Gasteiger partial charge in [-0.2, -0.15) is 4.31 Å². The summed E-state index contributed by atoms with van der Waals surface area (Å²) in [7, 11) is -2.41. The minimum Gasteiger partial charge on any atom is -0.465 e. The van der Waals surface area contributed by atoms with Gasteiger partial charge in [0.05, 0.1) is 17.7 Å². The summed E-state index contributed by atoms with van der Waals surface area (Å²) in [4.78, 5) is 11.5. The lowest BCUT2D eigenvalue weighted by Gasteiger charge is -2.24. The van der Waals surface area contributed by atoms with Gasteiger partial charge in [0.1, 0.15) is 4.90 Å². The van der Waals surface area contributed by atoms with E-state index in [4.69, 9.17) is 11.6 Å². The van der Waals surface area contributed by atoms with Gasteiger partial charge in [-0.3, -0.25) is 0 Å². The molecule has 1 aromatic carbocycles. The number of carbonyl (C=O) groups is 1. The Hall–Kier alpha value is -1.15. The Morgan fingerprint density at radius 1 is 1.30 bits per heavy atom. The predicted octanol–water partition coefficient (Wildman–Crippen LogP) is 1.64. The molecule has 2 unspecified atom stereocenters. The minimum absolute atomic E-state index is 0.0320. The lowest BCUT2D eigenvalue weighted by atomic mass is 10.1. The first kappa shape index (κ1) is 16.7. The average Bonchev–Trinajstić information content (AvgIpc) is 2.84. The fourth-order valence-electron chi connectivity index (χ4n) is 3.22. The van der Waals surface area contributed by atoms with Crippen LogP contribution in [0.25, 0.3) is 0 Å². The number of rotatable bonds is 3. The summed E-state index contributed by atoms with van der Waals surface area (Å²) in [6.07, 6.45) is 2.90. The molecule has 2 aliphatic heterocycles. The maximum absolute atomic E-state index is 12.9. The van der Waals surface area contributed by atoms with Crippen LogP contribution in [0.4, 0.5) is 0 Å². The molecule has 2 heterocycles. The molecule has 3 rings (SSSR count). The third-order valence-corrected chi connectivity index (χ3v) is 6.80. The fraction of sp³-hybridized carbons (Fsp3) is 0.533. The molecule has 0 spiro atoms. The van der Waals surface area contributed by atoms with E-state index >= 15 is 0 Å². The van der Waals surface area contributed by atoms with Crippen molar-refractivity contribution in [3.63, 3.8) is 0 Å². The van der Waals surface area contributed by atoms with Crippen LogP contribution in [0, 0.1) is 0 Å². The molecule has 126 valence electrons. The molecule has 8 heteroatoms. The Labute approximate surface area is 140 Å². The van der Waals surface area contributed by atoms with E-state index in [0.29, 0.717) is 19.1 Å². The number of esters is 1. The molecule has 2 fully saturated rings. The highest BCUT2D eigenvalue weighted by molar-refractivity contribution is 7.89. The highest BCUT2D eigenvalue weighted by atomic mass is 35.5. The van der Waals surface area contributed by atoms with Crippen LogP contribution in [0.5, 0.6) is 0 Å². The summed E-state index contributed by atoms with van der Waals surface area (Å²) in [5.74, 6) is -0.549. The van der Waals surface area contributed by atoms with E-state index in [2.05, 4.69) is 10.1 Å². The van der Waals surface area contributed by atoms with Gasteiger partial charge < -0.3 is 10.1 Å². The van der Waals surface area contributed by atoms with Gasteiger partial charge in [0.2, 0.25) is 10.0 Å². The van der Waals surface area contributed by atoms with Gasteiger partial charge in [-0.15, -0.1) is 0 Å². The summed E-state index contributed by atoms with van der Waals surface area (Å²) in [5, 5.41) is 3.49. The first-order chi connectivity index (χ1) is 10.9. The van der Waals surface area contributed by atoms with Crippen LogP contribution in [0.15, 0.2) is 23.1 Å². The number of carbonyl (C=O) groups excluding carboxylic acids is 1. The number of halogens is 1. The summed E-state index contributed by atoms with van der Waals surface area (Å²) in [6, 6.07) is 4.73. The van der Waals surface area contributed by atoms with Crippen molar-refractivity contribution in [3.8, 4) is 0 Å². The van der Waals surface area contributed by atoms with Gasteiger partial charge in [-0.05, 0) is 37.5 Å². The number of ether oxygens (including phenoxy) is 1. The molecule has 0 saturated carbocycles. The number of hydrogen-bond acceptors (Lipinski definition) is 5. The fourth-order valence-corrected chi connectivity index (χ4v) is 5.24. The zero-order chi connectivity index (χ0) is 16.6. The molecule has 2 atom stereocenters. The van der Waals surface area contributed by atoms with E-state index < -0.39 is 16.0 Å². The van der Waals surface area contributed by atoms with E-state index in [9.17, 15) is 13.2 Å². The molecular formula is C15H19ClN2O4S. The number of methoxy groups -OCH3 is 1. The number of hydrogen-bond donors (Lipinski definition) is 1. The third kappa shape index (κ3) is 3.24. The van der Waals surface area contributed by atoms with E-state index in [-0.39, 0.29) is 21.5 Å². The monoisotopic (exact) mass is 358 g/mol. The molecule has 0 radical (unpaired) electrons. The van der Waals surface area contributed by atoms with Crippen molar-refractivity contribution in [1.82, 2.24) is 9.62 Å². The van der Waals surface area contributed by atoms with Crippen LogP contribution in [0.3, 0.4) is 0 Å². The maximum Gasteiger partial charge on any atom is 0.337 e. The zero-order valence-corrected chi connectivity index (χ0v) is 14.4. The number of nitrogens with one attached hydrogen (secondary N) is 1. The van der Waals surface area contributed by atoms with E-state index in [1.165, 1.54) is 29.6 Å². The van der Waals surface area contributed by atoms with Crippen molar-refractivity contribution in [1.29, 1.82) is 0 Å². The van der Waals surface area contributed by atoms with Gasteiger partial charge in [-0.25, -0.2) is 13.2 Å². The van der Waals surface area contributed by atoms with Crippen LogP contribution in [-0.4, -0.2) is 51.0 Å². The van der Waals surface area contributed by atoms with Crippen molar-refractivity contribution < 1.29 is 17.9 Å². The Balaban J connectivity index is 1.89. The molecular weight excluding hydrogens is 340 g/mol. The average molecular weight is 359 g/mol. The van der Waals surface area contributed by atoms with Crippen LogP contribution >= 0.6 is 11.6 Å². The number of benzene rings is 1. The number of sulfonamides is 1. The summed E-state index contributed by atoms with van der Waals surface area (Å²) < 4.78 is 31.9. The first-order valence-corrected chi connectivity index (χ1v) is 9.37. The molecule has 0 aliphatic carbocycles. The van der Waals surface area contributed by atoms with Crippen molar-refractivity contribution in [2.24, 2.45) is 0 Å². The smallest absolute Gasteiger partial charge is 0.337 e. The van der Waals surface area contributed by atoms with Crippen molar-refractivity contribution in [2.45, 2.75) is 36.2 Å². The number of nitrogens with zero attached hydrogens (tertiary/aromatic N) is 1. The summed E-state index contributed by atoms with van der Waals surface area (Å²) in [5.41, 5.74) is 0.230. The lowest BCUT2D eigenvalue weighted by Crippen LogP contribution is -2.39. The minimum atomic E-state index is -3.68. The molecule has 6 nitrogen and oxygen atoms in total. The van der Waals surface area contributed by atoms with Crippen LogP contribution < -0.4 is 5.32 Å². The highest BCUT2D eigenvalue weighted by Crippen LogP contribution is 2.29. The van der Waals surface area contributed by atoms with Gasteiger partial charge in [0.15, 0.2) is 0 Å². The molecule has 0 amide bonds. The Kier molecular flexibility index (Phi) is 4.64. The van der Waals surface area contributed by atoms with Gasteiger partial charge in [0.25, 0.3) is 0 Å². The van der Waals surface area contributed by atoms with E-state index in [1.54, 1.807) is 0 Å². The maximum atomic E-state index is 12.9. The SMILES string of the molecule is COC(=O)c1ccc(S(=O)(=O)N2CCC3CCC(C2)N3)c(Cl)c1. The highest BCUT2D eigenvalue weighted by Gasteiger charge is 2.35. The van der Waals surface area contributed by atoms with Gasteiger partial charge in [0, 0.05) is 25.2 Å².